The molecule has 0 atom stereocenters. The first-order valence-electron chi connectivity index (χ1n) is 7.54. The van der Waals surface area contributed by atoms with Gasteiger partial charge in [0.15, 0.2) is 0 Å². The lowest BCUT2D eigenvalue weighted by Gasteiger charge is -2.15. The topological polar surface area (TPSA) is 67.7 Å². The lowest BCUT2D eigenvalue weighted by Crippen LogP contribution is -2.12. The van der Waals surface area contributed by atoms with Crippen molar-refractivity contribution in [2.45, 2.75) is 39.7 Å². The summed E-state index contributed by atoms with van der Waals surface area (Å²) in [6, 6.07) is 2.00. The van der Waals surface area contributed by atoms with E-state index < -0.39 is 0 Å². The first-order chi connectivity index (χ1) is 10.3. The molecule has 2 rings (SSSR count). The first kappa shape index (κ1) is 15.3. The third-order valence-corrected chi connectivity index (χ3v) is 3.35. The van der Waals surface area contributed by atoms with Gasteiger partial charge in [0.05, 0.1) is 12.2 Å². The van der Waals surface area contributed by atoms with Crippen molar-refractivity contribution in [1.82, 2.24) is 19.7 Å². The zero-order valence-corrected chi connectivity index (χ0v) is 13.1. The zero-order chi connectivity index (χ0) is 15.1. The lowest BCUT2D eigenvalue weighted by atomic mass is 10.1. The van der Waals surface area contributed by atoms with Crippen molar-refractivity contribution in [3.05, 3.63) is 29.8 Å². The number of nitrogens with zero attached hydrogens (tertiary/aromatic N) is 4. The Kier molecular flexibility index (Phi) is 5.54. The molecule has 0 bridgehead atoms. The predicted octanol–water partition coefficient (Wildman–Crippen LogP) is 2.60. The molecule has 2 aromatic heterocycles. The fraction of sp³-hybridized carbons (Fsp3) is 0.533. The van der Waals surface area contributed by atoms with E-state index in [4.69, 9.17) is 0 Å². The van der Waals surface area contributed by atoms with E-state index in [0.29, 0.717) is 6.54 Å². The fourth-order valence-electron chi connectivity index (χ4n) is 2.20. The second kappa shape index (κ2) is 7.61. The normalized spacial score (nSPS) is 10.6. The molecule has 0 spiro atoms. The second-order valence-electron chi connectivity index (χ2n) is 5.03. The Balaban J connectivity index is 2.15. The van der Waals surface area contributed by atoms with Crippen LogP contribution in [0, 0.1) is 0 Å². The van der Waals surface area contributed by atoms with Gasteiger partial charge in [0.25, 0.3) is 0 Å². The molecule has 21 heavy (non-hydrogen) atoms. The van der Waals surface area contributed by atoms with Crippen molar-refractivity contribution in [1.29, 1.82) is 0 Å². The highest BCUT2D eigenvalue weighted by Gasteiger charge is 2.10. The summed E-state index contributed by atoms with van der Waals surface area (Å²) in [4.78, 5) is 8.78. The third-order valence-electron chi connectivity index (χ3n) is 3.35. The van der Waals surface area contributed by atoms with Crippen LogP contribution in [-0.2, 0) is 20.0 Å². The van der Waals surface area contributed by atoms with Crippen LogP contribution in [0.4, 0.5) is 11.6 Å². The summed E-state index contributed by atoms with van der Waals surface area (Å²) < 4.78 is 1.87. The minimum Gasteiger partial charge on any atom is -0.370 e. The molecule has 2 heterocycles. The number of nitrogens with one attached hydrogen (secondary N) is 2. The maximum absolute atomic E-state index is 4.40. The van der Waals surface area contributed by atoms with Crippen LogP contribution in [0.2, 0.25) is 0 Å². The zero-order valence-electron chi connectivity index (χ0n) is 13.1. The molecule has 0 fully saturated rings. The van der Waals surface area contributed by atoms with Gasteiger partial charge in [0, 0.05) is 25.4 Å². The van der Waals surface area contributed by atoms with Crippen molar-refractivity contribution in [2.75, 3.05) is 17.2 Å². The average Bonchev–Trinajstić information content (AvgIpc) is 2.90. The van der Waals surface area contributed by atoms with Crippen LogP contribution < -0.4 is 10.6 Å². The maximum atomic E-state index is 4.40. The summed E-state index contributed by atoms with van der Waals surface area (Å²) in [7, 11) is 1.94. The molecule has 2 aromatic rings. The fourth-order valence-corrected chi connectivity index (χ4v) is 2.20. The highest BCUT2D eigenvalue weighted by atomic mass is 15.3. The van der Waals surface area contributed by atoms with Crippen LogP contribution in [0.15, 0.2) is 18.6 Å². The van der Waals surface area contributed by atoms with Crippen LogP contribution in [-0.4, -0.2) is 26.3 Å². The Labute approximate surface area is 126 Å². The van der Waals surface area contributed by atoms with Crippen molar-refractivity contribution in [2.24, 2.45) is 7.05 Å². The van der Waals surface area contributed by atoms with E-state index in [9.17, 15) is 0 Å². The lowest BCUT2D eigenvalue weighted by molar-refractivity contribution is 0.719. The highest BCUT2D eigenvalue weighted by molar-refractivity contribution is 5.57. The standard InChI is InChI=1S/C15H24N6/c1-4-6-13-14(16-8-5-2)18-11-19-15(13)17-10-12-7-9-20-21(12)3/h7,9,11H,4-6,8,10H2,1-3H3,(H2,16,17,18,19). The summed E-state index contributed by atoms with van der Waals surface area (Å²) in [5.41, 5.74) is 2.29. The predicted molar refractivity (Wildman–Crippen MR) is 85.3 cm³/mol. The first-order valence-corrected chi connectivity index (χ1v) is 7.54. The van der Waals surface area contributed by atoms with E-state index >= 15 is 0 Å². The van der Waals surface area contributed by atoms with Gasteiger partial charge in [-0.3, -0.25) is 4.68 Å². The van der Waals surface area contributed by atoms with Crippen LogP contribution in [0.1, 0.15) is 37.9 Å². The molecule has 0 saturated carbocycles. The van der Waals surface area contributed by atoms with Gasteiger partial charge >= 0.3 is 0 Å². The molecule has 6 nitrogen and oxygen atoms in total. The number of rotatable bonds is 8. The Morgan fingerprint density at radius 3 is 2.48 bits per heavy atom. The summed E-state index contributed by atoms with van der Waals surface area (Å²) in [6.07, 6.45) is 6.52. The molecule has 0 unspecified atom stereocenters. The van der Waals surface area contributed by atoms with Gasteiger partial charge in [-0.05, 0) is 18.9 Å². The summed E-state index contributed by atoms with van der Waals surface area (Å²) >= 11 is 0. The maximum Gasteiger partial charge on any atom is 0.135 e. The number of hydrogen-bond acceptors (Lipinski definition) is 5. The van der Waals surface area contributed by atoms with Gasteiger partial charge in [0.1, 0.15) is 18.0 Å². The van der Waals surface area contributed by atoms with E-state index in [-0.39, 0.29) is 0 Å². The van der Waals surface area contributed by atoms with Crippen LogP contribution in [0.25, 0.3) is 0 Å². The number of aromatic nitrogens is 4. The molecular weight excluding hydrogens is 264 g/mol. The second-order valence-corrected chi connectivity index (χ2v) is 5.03. The Morgan fingerprint density at radius 2 is 1.86 bits per heavy atom. The van der Waals surface area contributed by atoms with Gasteiger partial charge in [-0.1, -0.05) is 20.3 Å². The summed E-state index contributed by atoms with van der Waals surface area (Å²) in [6.45, 7) is 5.95. The molecule has 0 amide bonds. The summed E-state index contributed by atoms with van der Waals surface area (Å²) in [5.74, 6) is 1.85. The van der Waals surface area contributed by atoms with Crippen molar-refractivity contribution >= 4 is 11.6 Å². The smallest absolute Gasteiger partial charge is 0.135 e. The van der Waals surface area contributed by atoms with Crippen LogP contribution in [0.5, 0.6) is 0 Å². The van der Waals surface area contributed by atoms with Gasteiger partial charge in [-0.15, -0.1) is 0 Å². The molecule has 0 aliphatic rings. The third kappa shape index (κ3) is 3.93. The molecular formula is C15H24N6. The van der Waals surface area contributed by atoms with E-state index in [1.54, 1.807) is 12.5 Å². The minimum atomic E-state index is 0.706. The van der Waals surface area contributed by atoms with Crippen molar-refractivity contribution < 1.29 is 0 Å². The monoisotopic (exact) mass is 288 g/mol. The largest absolute Gasteiger partial charge is 0.370 e. The van der Waals surface area contributed by atoms with Crippen molar-refractivity contribution in [3.8, 4) is 0 Å². The molecule has 0 aliphatic carbocycles. The Bertz CT molecular complexity index is 563. The molecule has 6 heteroatoms. The quantitative estimate of drug-likeness (QED) is 0.781. The Morgan fingerprint density at radius 1 is 1.10 bits per heavy atom. The highest BCUT2D eigenvalue weighted by Crippen LogP contribution is 2.22. The summed E-state index contributed by atoms with van der Waals surface area (Å²) in [5, 5.41) is 11.0. The molecule has 0 saturated heterocycles. The van der Waals surface area contributed by atoms with E-state index in [1.807, 2.05) is 17.8 Å². The number of hydrogen-bond donors (Lipinski definition) is 2. The van der Waals surface area contributed by atoms with E-state index in [1.165, 1.54) is 0 Å². The van der Waals surface area contributed by atoms with Crippen molar-refractivity contribution in [3.63, 3.8) is 0 Å². The number of anilines is 2. The Hall–Kier alpha value is -2.11. The van der Waals surface area contributed by atoms with Gasteiger partial charge in [-0.2, -0.15) is 5.10 Å². The van der Waals surface area contributed by atoms with Crippen LogP contribution in [0.3, 0.4) is 0 Å². The van der Waals surface area contributed by atoms with Gasteiger partial charge < -0.3 is 10.6 Å². The molecule has 0 radical (unpaired) electrons. The molecule has 0 aliphatic heterocycles. The molecule has 2 N–H and O–H groups in total. The van der Waals surface area contributed by atoms with E-state index in [2.05, 4.69) is 39.5 Å². The van der Waals surface area contributed by atoms with Gasteiger partial charge in [-0.25, -0.2) is 9.97 Å². The SMILES string of the molecule is CCCNc1ncnc(NCc2ccnn2C)c1CCC. The van der Waals surface area contributed by atoms with Crippen LogP contribution >= 0.6 is 0 Å². The van der Waals surface area contributed by atoms with E-state index in [0.717, 1.165) is 48.7 Å². The molecule has 114 valence electrons. The number of aryl methyl sites for hydroxylation is 1. The molecule has 0 aromatic carbocycles. The van der Waals surface area contributed by atoms with Gasteiger partial charge in [0.2, 0.25) is 0 Å². The minimum absolute atomic E-state index is 0.706. The average molecular weight is 288 g/mol.